The number of nitrogens with zero attached hydrogens (tertiary/aromatic N) is 3. The van der Waals surface area contributed by atoms with Gasteiger partial charge in [0.15, 0.2) is 0 Å². The highest BCUT2D eigenvalue weighted by molar-refractivity contribution is 5.79. The van der Waals surface area contributed by atoms with Crippen molar-refractivity contribution >= 4 is 11.7 Å². The fourth-order valence-electron chi connectivity index (χ4n) is 3.85. The molecule has 4 rings (SSSR count). The number of anilines is 1. The lowest BCUT2D eigenvalue weighted by molar-refractivity contribution is -0.125. The molecule has 2 heterocycles. The Hall–Kier alpha value is -3.68. The molecule has 32 heavy (non-hydrogen) atoms. The summed E-state index contributed by atoms with van der Waals surface area (Å²) in [5, 5.41) is 7.48. The molecule has 7 nitrogen and oxygen atoms in total. The minimum absolute atomic E-state index is 0.00984. The number of aromatic nitrogens is 2. The standard InChI is InChI=1S/C24H25FN4O3/c1-32-21-6-2-4-17(14-21)15-26-24(31)18-5-3-13-28(16-18)22-11-12-23(30)29(27-22)20-9-7-19(25)8-10-20/h2,4,6-12,14,18H,3,5,13,15-16H2,1H3,(H,26,31). The molecule has 1 N–H and O–H groups in total. The van der Waals surface area contributed by atoms with E-state index in [9.17, 15) is 14.0 Å². The third-order valence-electron chi connectivity index (χ3n) is 5.57. The van der Waals surface area contributed by atoms with Crippen molar-refractivity contribution in [1.29, 1.82) is 0 Å². The van der Waals surface area contributed by atoms with E-state index < -0.39 is 0 Å². The van der Waals surface area contributed by atoms with Crippen LogP contribution in [0.2, 0.25) is 0 Å². The molecule has 1 fully saturated rings. The molecule has 1 atom stereocenters. The predicted molar refractivity (Wildman–Crippen MR) is 120 cm³/mol. The molecule has 0 spiro atoms. The Morgan fingerprint density at radius 3 is 2.78 bits per heavy atom. The number of rotatable bonds is 6. The van der Waals surface area contributed by atoms with Gasteiger partial charge in [0.1, 0.15) is 17.4 Å². The van der Waals surface area contributed by atoms with Crippen LogP contribution in [0, 0.1) is 11.7 Å². The van der Waals surface area contributed by atoms with Crippen molar-refractivity contribution in [2.45, 2.75) is 19.4 Å². The van der Waals surface area contributed by atoms with E-state index in [1.54, 1.807) is 13.2 Å². The topological polar surface area (TPSA) is 76.5 Å². The molecule has 1 aromatic heterocycles. The van der Waals surface area contributed by atoms with E-state index in [4.69, 9.17) is 4.74 Å². The molecule has 2 aromatic carbocycles. The molecule has 1 aliphatic heterocycles. The SMILES string of the molecule is COc1cccc(CNC(=O)C2CCCN(c3ccc(=O)n(-c4ccc(F)cc4)n3)C2)c1. The quantitative estimate of drug-likeness (QED) is 0.643. The average Bonchev–Trinajstić information content (AvgIpc) is 2.83. The Labute approximate surface area is 185 Å². The van der Waals surface area contributed by atoms with Gasteiger partial charge in [-0.1, -0.05) is 12.1 Å². The highest BCUT2D eigenvalue weighted by Gasteiger charge is 2.26. The van der Waals surface area contributed by atoms with E-state index in [0.717, 1.165) is 30.7 Å². The van der Waals surface area contributed by atoms with E-state index >= 15 is 0 Å². The lowest BCUT2D eigenvalue weighted by Crippen LogP contribution is -2.43. The van der Waals surface area contributed by atoms with Crippen LogP contribution < -0.4 is 20.5 Å². The molecule has 1 amide bonds. The van der Waals surface area contributed by atoms with Crippen LogP contribution in [0.1, 0.15) is 18.4 Å². The van der Waals surface area contributed by atoms with Gasteiger partial charge in [0.2, 0.25) is 5.91 Å². The molecular formula is C24H25FN4O3. The Balaban J connectivity index is 1.44. The van der Waals surface area contributed by atoms with Crippen LogP contribution in [-0.2, 0) is 11.3 Å². The molecule has 0 saturated carbocycles. The fourth-order valence-corrected chi connectivity index (χ4v) is 3.85. The van der Waals surface area contributed by atoms with Crippen molar-refractivity contribution in [3.63, 3.8) is 0 Å². The van der Waals surface area contributed by atoms with E-state index in [1.807, 2.05) is 29.2 Å². The minimum atomic E-state index is -0.378. The first-order valence-corrected chi connectivity index (χ1v) is 10.6. The van der Waals surface area contributed by atoms with Crippen molar-refractivity contribution in [3.05, 3.63) is 82.4 Å². The van der Waals surface area contributed by atoms with Gasteiger partial charge in [0, 0.05) is 25.7 Å². The smallest absolute Gasteiger partial charge is 0.271 e. The first-order valence-electron chi connectivity index (χ1n) is 10.6. The number of amides is 1. The average molecular weight is 436 g/mol. The monoisotopic (exact) mass is 436 g/mol. The number of nitrogens with one attached hydrogen (secondary N) is 1. The summed E-state index contributed by atoms with van der Waals surface area (Å²) < 4.78 is 19.7. The van der Waals surface area contributed by atoms with Crippen LogP contribution in [0.5, 0.6) is 5.75 Å². The largest absolute Gasteiger partial charge is 0.497 e. The Kier molecular flexibility index (Phi) is 6.49. The maximum Gasteiger partial charge on any atom is 0.271 e. The number of methoxy groups -OCH3 is 1. The van der Waals surface area contributed by atoms with E-state index in [1.165, 1.54) is 35.0 Å². The number of hydrogen-bond donors (Lipinski definition) is 1. The number of carbonyl (C=O) groups is 1. The third-order valence-corrected chi connectivity index (χ3v) is 5.57. The second-order valence-corrected chi connectivity index (χ2v) is 7.77. The molecule has 1 saturated heterocycles. The van der Waals surface area contributed by atoms with Crippen LogP contribution in [-0.4, -0.2) is 35.9 Å². The zero-order valence-electron chi connectivity index (χ0n) is 17.8. The fraction of sp³-hybridized carbons (Fsp3) is 0.292. The molecule has 8 heteroatoms. The van der Waals surface area contributed by atoms with Gasteiger partial charge in [-0.05, 0) is 60.9 Å². The van der Waals surface area contributed by atoms with Crippen LogP contribution in [0.25, 0.3) is 5.69 Å². The number of hydrogen-bond acceptors (Lipinski definition) is 5. The lowest BCUT2D eigenvalue weighted by Gasteiger charge is -2.33. The second kappa shape index (κ2) is 9.64. The van der Waals surface area contributed by atoms with Crippen LogP contribution >= 0.6 is 0 Å². The number of carbonyl (C=O) groups excluding carboxylic acids is 1. The van der Waals surface area contributed by atoms with Gasteiger partial charge in [0.25, 0.3) is 5.56 Å². The zero-order valence-corrected chi connectivity index (χ0v) is 17.8. The van der Waals surface area contributed by atoms with Gasteiger partial charge in [-0.2, -0.15) is 4.68 Å². The van der Waals surface area contributed by atoms with Gasteiger partial charge in [-0.25, -0.2) is 4.39 Å². The lowest BCUT2D eigenvalue weighted by atomic mass is 9.97. The molecule has 1 aliphatic rings. The van der Waals surface area contributed by atoms with Crippen molar-refractivity contribution in [2.75, 3.05) is 25.1 Å². The maximum absolute atomic E-state index is 13.2. The van der Waals surface area contributed by atoms with Gasteiger partial charge in [-0.15, -0.1) is 5.10 Å². The summed E-state index contributed by atoms with van der Waals surface area (Å²) in [6, 6.07) is 16.3. The first kappa shape index (κ1) is 21.5. The summed E-state index contributed by atoms with van der Waals surface area (Å²) in [5.41, 5.74) is 1.16. The molecule has 0 radical (unpaired) electrons. The highest BCUT2D eigenvalue weighted by Crippen LogP contribution is 2.22. The first-order chi connectivity index (χ1) is 15.5. The molecule has 1 unspecified atom stereocenters. The summed E-state index contributed by atoms with van der Waals surface area (Å²) in [6.45, 7) is 1.69. The van der Waals surface area contributed by atoms with Gasteiger partial charge in [0.05, 0.1) is 18.7 Å². The van der Waals surface area contributed by atoms with Crippen molar-refractivity contribution in [1.82, 2.24) is 15.1 Å². The zero-order chi connectivity index (χ0) is 22.5. The summed E-state index contributed by atoms with van der Waals surface area (Å²) >= 11 is 0. The molecule has 0 bridgehead atoms. The van der Waals surface area contributed by atoms with Crippen molar-refractivity contribution < 1.29 is 13.9 Å². The minimum Gasteiger partial charge on any atom is -0.497 e. The van der Waals surface area contributed by atoms with E-state index in [-0.39, 0.29) is 23.2 Å². The van der Waals surface area contributed by atoms with Crippen LogP contribution in [0.3, 0.4) is 0 Å². The summed E-state index contributed by atoms with van der Waals surface area (Å²) in [4.78, 5) is 27.1. The molecule has 0 aliphatic carbocycles. The van der Waals surface area contributed by atoms with Gasteiger partial charge in [-0.3, -0.25) is 9.59 Å². The third kappa shape index (κ3) is 4.96. The summed E-state index contributed by atoms with van der Waals surface area (Å²) in [6.07, 6.45) is 1.63. The number of halogens is 1. The van der Waals surface area contributed by atoms with Crippen LogP contribution in [0.4, 0.5) is 10.2 Å². The van der Waals surface area contributed by atoms with Crippen molar-refractivity contribution in [2.24, 2.45) is 5.92 Å². The maximum atomic E-state index is 13.2. The highest BCUT2D eigenvalue weighted by atomic mass is 19.1. The van der Waals surface area contributed by atoms with Gasteiger partial charge >= 0.3 is 0 Å². The van der Waals surface area contributed by atoms with Gasteiger partial charge < -0.3 is 15.0 Å². The molecule has 166 valence electrons. The van der Waals surface area contributed by atoms with Crippen LogP contribution in [0.15, 0.2) is 65.5 Å². The second-order valence-electron chi connectivity index (χ2n) is 7.77. The summed E-state index contributed by atoms with van der Waals surface area (Å²) in [5.74, 6) is 0.797. The molecular weight excluding hydrogens is 411 g/mol. The molecule has 3 aromatic rings. The van der Waals surface area contributed by atoms with Crippen molar-refractivity contribution in [3.8, 4) is 11.4 Å². The predicted octanol–water partition coefficient (Wildman–Crippen LogP) is 2.91. The Morgan fingerprint density at radius 2 is 2.00 bits per heavy atom. The van der Waals surface area contributed by atoms with E-state index in [0.29, 0.717) is 24.6 Å². The number of piperidine rings is 1. The number of benzene rings is 2. The normalized spacial score (nSPS) is 15.9. The Morgan fingerprint density at radius 1 is 1.19 bits per heavy atom. The van der Waals surface area contributed by atoms with E-state index in [2.05, 4.69) is 10.4 Å². The summed E-state index contributed by atoms with van der Waals surface area (Å²) in [7, 11) is 1.61. The number of ether oxygens (including phenoxy) is 1. The Bertz CT molecular complexity index is 1150.